The first-order valence-corrected chi connectivity index (χ1v) is 8.91. The number of aliphatic hydroxyl groups is 2. The fourth-order valence-electron chi connectivity index (χ4n) is 3.86. The van der Waals surface area contributed by atoms with E-state index in [4.69, 9.17) is 26.8 Å². The third kappa shape index (κ3) is 2.53. The van der Waals surface area contributed by atoms with Crippen LogP contribution in [0.25, 0.3) is 11.0 Å². The number of nitrogens with two attached hydrogens (primary N) is 1. The molecule has 1 aromatic carbocycles. The zero-order chi connectivity index (χ0) is 18.7. The molecule has 4 N–H and O–H groups in total. The molecule has 4 heterocycles. The number of hydrogen-bond donors (Lipinski definition) is 3. The molecule has 5 rings (SSSR count). The zero-order valence-electron chi connectivity index (χ0n) is 14.1. The first kappa shape index (κ1) is 16.9. The molecule has 0 bridgehead atoms. The van der Waals surface area contributed by atoms with Gasteiger partial charge >= 0.3 is 0 Å². The van der Waals surface area contributed by atoms with Crippen LogP contribution in [-0.4, -0.2) is 43.1 Å². The molecule has 9 heteroatoms. The molecule has 2 aliphatic heterocycles. The van der Waals surface area contributed by atoms with Crippen LogP contribution >= 0.6 is 11.6 Å². The lowest BCUT2D eigenvalue weighted by Crippen LogP contribution is -2.34. The van der Waals surface area contributed by atoms with Crippen molar-refractivity contribution in [2.45, 2.75) is 37.3 Å². The van der Waals surface area contributed by atoms with Gasteiger partial charge in [0.05, 0.1) is 12.0 Å². The minimum Gasteiger partial charge on any atom is -0.387 e. The SMILES string of the molecule is Nc1ncnc2c1ccn2C1OC(C2OCc3ccc(Cl)cc32)C(O)C1O. The van der Waals surface area contributed by atoms with Gasteiger partial charge in [-0.05, 0) is 29.3 Å². The van der Waals surface area contributed by atoms with E-state index in [0.29, 0.717) is 28.5 Å². The number of aliphatic hydroxyl groups excluding tert-OH is 2. The Bertz CT molecular complexity index is 1030. The van der Waals surface area contributed by atoms with Gasteiger partial charge in [-0.15, -0.1) is 0 Å². The second kappa shape index (κ2) is 6.15. The molecular weight excluding hydrogens is 372 g/mol. The Kier molecular flexibility index (Phi) is 3.85. The molecule has 0 radical (unpaired) electrons. The summed E-state index contributed by atoms with van der Waals surface area (Å²) in [4.78, 5) is 8.19. The van der Waals surface area contributed by atoms with Gasteiger partial charge in [0, 0.05) is 11.2 Å². The number of benzene rings is 1. The van der Waals surface area contributed by atoms with E-state index in [2.05, 4.69) is 9.97 Å². The number of rotatable bonds is 2. The molecule has 2 aromatic heterocycles. The summed E-state index contributed by atoms with van der Waals surface area (Å²) < 4.78 is 13.5. The van der Waals surface area contributed by atoms with Crippen LogP contribution in [0.15, 0.2) is 36.8 Å². The Morgan fingerprint density at radius 2 is 2.04 bits per heavy atom. The zero-order valence-corrected chi connectivity index (χ0v) is 14.8. The first-order valence-electron chi connectivity index (χ1n) is 8.53. The van der Waals surface area contributed by atoms with E-state index in [0.717, 1.165) is 11.1 Å². The van der Waals surface area contributed by atoms with Gasteiger partial charge in [0.15, 0.2) is 6.23 Å². The van der Waals surface area contributed by atoms with Crippen molar-refractivity contribution in [3.8, 4) is 0 Å². The lowest BCUT2D eigenvalue weighted by Gasteiger charge is -2.22. The van der Waals surface area contributed by atoms with Gasteiger partial charge in [0.2, 0.25) is 0 Å². The summed E-state index contributed by atoms with van der Waals surface area (Å²) in [5.74, 6) is 0.339. The molecular formula is C18H17ClN4O4. The first-order chi connectivity index (χ1) is 13.0. The Hall–Kier alpha value is -2.23. The Balaban J connectivity index is 1.50. The van der Waals surface area contributed by atoms with Crippen molar-refractivity contribution in [3.05, 3.63) is 52.9 Å². The third-order valence-corrected chi connectivity index (χ3v) is 5.46. The van der Waals surface area contributed by atoms with Crippen LogP contribution < -0.4 is 5.73 Å². The van der Waals surface area contributed by atoms with Gasteiger partial charge < -0.3 is 30.0 Å². The van der Waals surface area contributed by atoms with Crippen molar-refractivity contribution >= 4 is 28.5 Å². The van der Waals surface area contributed by atoms with Crippen LogP contribution in [-0.2, 0) is 16.1 Å². The highest BCUT2D eigenvalue weighted by Crippen LogP contribution is 2.43. The highest BCUT2D eigenvalue weighted by atomic mass is 35.5. The molecule has 0 saturated carbocycles. The van der Waals surface area contributed by atoms with Crippen LogP contribution in [0.1, 0.15) is 23.5 Å². The Morgan fingerprint density at radius 3 is 2.89 bits per heavy atom. The van der Waals surface area contributed by atoms with Gasteiger partial charge in [-0.3, -0.25) is 0 Å². The lowest BCUT2D eigenvalue weighted by molar-refractivity contribution is -0.104. The minimum atomic E-state index is -1.16. The Morgan fingerprint density at radius 1 is 1.19 bits per heavy atom. The number of hydrogen-bond acceptors (Lipinski definition) is 7. The number of anilines is 1. The number of nitrogen functional groups attached to an aromatic ring is 1. The molecule has 8 nitrogen and oxygen atoms in total. The maximum atomic E-state index is 10.6. The van der Waals surface area contributed by atoms with Crippen LogP contribution in [0.5, 0.6) is 0 Å². The summed E-state index contributed by atoms with van der Waals surface area (Å²) >= 11 is 6.11. The summed E-state index contributed by atoms with van der Waals surface area (Å²) in [6.07, 6.45) is -1.34. The van der Waals surface area contributed by atoms with Crippen LogP contribution in [0.2, 0.25) is 5.02 Å². The maximum absolute atomic E-state index is 10.6. The average molecular weight is 389 g/mol. The second-order valence-electron chi connectivity index (χ2n) is 6.77. The molecule has 0 amide bonds. The predicted octanol–water partition coefficient (Wildman–Crippen LogP) is 1.56. The summed E-state index contributed by atoms with van der Waals surface area (Å²) in [7, 11) is 0. The molecule has 27 heavy (non-hydrogen) atoms. The van der Waals surface area contributed by atoms with Crippen LogP contribution in [0, 0.1) is 0 Å². The summed E-state index contributed by atoms with van der Waals surface area (Å²) in [5, 5.41) is 22.5. The second-order valence-corrected chi connectivity index (χ2v) is 7.20. The van der Waals surface area contributed by atoms with Crippen molar-refractivity contribution in [2.24, 2.45) is 0 Å². The van der Waals surface area contributed by atoms with Crippen molar-refractivity contribution in [2.75, 3.05) is 5.73 Å². The van der Waals surface area contributed by atoms with Gasteiger partial charge in [-0.1, -0.05) is 17.7 Å². The molecule has 0 aliphatic carbocycles. The number of nitrogens with zero attached hydrogens (tertiary/aromatic N) is 3. The van der Waals surface area contributed by atoms with E-state index in [1.807, 2.05) is 12.1 Å². The molecule has 1 fully saturated rings. The molecule has 0 spiro atoms. The van der Waals surface area contributed by atoms with E-state index in [1.54, 1.807) is 22.9 Å². The monoisotopic (exact) mass is 388 g/mol. The number of halogens is 1. The maximum Gasteiger partial charge on any atom is 0.164 e. The van der Waals surface area contributed by atoms with E-state index >= 15 is 0 Å². The molecule has 5 unspecified atom stereocenters. The molecule has 2 aliphatic rings. The normalized spacial score (nSPS) is 30.1. The summed E-state index contributed by atoms with van der Waals surface area (Å²) in [6.45, 7) is 0.403. The largest absolute Gasteiger partial charge is 0.387 e. The van der Waals surface area contributed by atoms with Gasteiger partial charge in [0.25, 0.3) is 0 Å². The quantitative estimate of drug-likeness (QED) is 0.610. The average Bonchev–Trinajstić information content (AvgIpc) is 3.33. The number of ether oxygens (including phenoxy) is 2. The van der Waals surface area contributed by atoms with E-state index in [1.165, 1.54) is 6.33 Å². The third-order valence-electron chi connectivity index (χ3n) is 5.22. The van der Waals surface area contributed by atoms with Crippen LogP contribution in [0.3, 0.4) is 0 Å². The highest BCUT2D eigenvalue weighted by molar-refractivity contribution is 6.30. The lowest BCUT2D eigenvalue weighted by atomic mass is 9.97. The molecule has 3 aromatic rings. The number of fused-ring (bicyclic) bond motifs is 2. The highest BCUT2D eigenvalue weighted by Gasteiger charge is 2.49. The fourth-order valence-corrected chi connectivity index (χ4v) is 4.05. The van der Waals surface area contributed by atoms with Crippen molar-refractivity contribution in [3.63, 3.8) is 0 Å². The Labute approximate surface area is 159 Å². The topological polar surface area (TPSA) is 116 Å². The molecule has 1 saturated heterocycles. The molecule has 5 atom stereocenters. The summed E-state index contributed by atoms with van der Waals surface area (Å²) in [6, 6.07) is 7.25. The van der Waals surface area contributed by atoms with Gasteiger partial charge in [0.1, 0.15) is 42.2 Å². The van der Waals surface area contributed by atoms with E-state index in [-0.39, 0.29) is 0 Å². The van der Waals surface area contributed by atoms with Crippen molar-refractivity contribution < 1.29 is 19.7 Å². The summed E-state index contributed by atoms with van der Waals surface area (Å²) in [5.41, 5.74) is 8.25. The smallest absolute Gasteiger partial charge is 0.164 e. The van der Waals surface area contributed by atoms with Gasteiger partial charge in [-0.2, -0.15) is 0 Å². The van der Waals surface area contributed by atoms with Crippen molar-refractivity contribution in [1.82, 2.24) is 14.5 Å². The standard InChI is InChI=1S/C18H17ClN4O4/c19-9-2-1-8-6-26-14(11(8)5-9)15-12(24)13(25)18(27-15)23-4-3-10-16(20)21-7-22-17(10)23/h1-5,7,12-15,18,24-25H,6H2,(H2,20,21,22). The minimum absolute atomic E-state index is 0.339. The van der Waals surface area contributed by atoms with Crippen LogP contribution in [0.4, 0.5) is 5.82 Å². The number of aromatic nitrogens is 3. The van der Waals surface area contributed by atoms with E-state index < -0.39 is 30.6 Å². The predicted molar refractivity (Wildman–Crippen MR) is 96.8 cm³/mol. The fraction of sp³-hybridized carbons (Fsp3) is 0.333. The molecule has 140 valence electrons. The van der Waals surface area contributed by atoms with Gasteiger partial charge in [-0.25, -0.2) is 9.97 Å². The van der Waals surface area contributed by atoms with E-state index in [9.17, 15) is 10.2 Å². The van der Waals surface area contributed by atoms with Crippen molar-refractivity contribution in [1.29, 1.82) is 0 Å².